The molecule has 12 heavy (non-hydrogen) atoms. The van der Waals surface area contributed by atoms with E-state index in [2.05, 4.69) is 0 Å². The van der Waals surface area contributed by atoms with Crippen molar-refractivity contribution in [1.82, 2.24) is 0 Å². The van der Waals surface area contributed by atoms with Crippen molar-refractivity contribution in [2.24, 2.45) is 0 Å². The standard InChI is InChI=1S/C5F6O/c6-1-2(7)5(10,11)3(12)4(1,8)9. The summed E-state index contributed by atoms with van der Waals surface area (Å²) >= 11 is 0. The first-order valence-electron chi connectivity index (χ1n) is 2.59. The maximum absolute atomic E-state index is 12.0. The molecule has 0 N–H and O–H groups in total. The van der Waals surface area contributed by atoms with Gasteiger partial charge in [-0.25, -0.2) is 8.78 Å². The molecule has 1 aliphatic rings. The van der Waals surface area contributed by atoms with Crippen molar-refractivity contribution in [2.45, 2.75) is 11.8 Å². The van der Waals surface area contributed by atoms with Crippen molar-refractivity contribution in [3.05, 3.63) is 11.7 Å². The number of hydrogen-bond donors (Lipinski definition) is 0. The van der Waals surface area contributed by atoms with Gasteiger partial charge in [0, 0.05) is 0 Å². The van der Waals surface area contributed by atoms with Crippen molar-refractivity contribution >= 4 is 5.78 Å². The van der Waals surface area contributed by atoms with Crippen LogP contribution in [0.4, 0.5) is 26.3 Å². The zero-order valence-corrected chi connectivity index (χ0v) is 5.18. The Balaban J connectivity index is 3.31. The van der Waals surface area contributed by atoms with Gasteiger partial charge in [-0.05, 0) is 0 Å². The second kappa shape index (κ2) is 2.02. The van der Waals surface area contributed by atoms with Crippen molar-refractivity contribution < 1.29 is 31.1 Å². The Morgan fingerprint density at radius 2 is 1.08 bits per heavy atom. The summed E-state index contributed by atoms with van der Waals surface area (Å²) in [6, 6.07) is 0. The van der Waals surface area contributed by atoms with Crippen LogP contribution in [0.2, 0.25) is 0 Å². The van der Waals surface area contributed by atoms with Crippen molar-refractivity contribution in [2.75, 3.05) is 0 Å². The summed E-state index contributed by atoms with van der Waals surface area (Å²) in [6.07, 6.45) is 0. The largest absolute Gasteiger partial charge is 0.365 e. The average Bonchev–Trinajstić information content (AvgIpc) is 2.06. The highest BCUT2D eigenvalue weighted by molar-refractivity contribution is 6.00. The van der Waals surface area contributed by atoms with Gasteiger partial charge in [-0.1, -0.05) is 0 Å². The van der Waals surface area contributed by atoms with E-state index in [1.54, 1.807) is 0 Å². The summed E-state index contributed by atoms with van der Waals surface area (Å²) in [6.45, 7) is 0. The van der Waals surface area contributed by atoms with Crippen molar-refractivity contribution in [1.29, 1.82) is 0 Å². The molecule has 0 saturated heterocycles. The number of rotatable bonds is 0. The molecule has 0 aromatic heterocycles. The number of carbonyl (C=O) groups is 1. The molecule has 0 saturated carbocycles. The molecule has 0 spiro atoms. The Labute approximate surface area is 61.7 Å². The summed E-state index contributed by atoms with van der Waals surface area (Å²) < 4.78 is 71.7. The fourth-order valence-corrected chi connectivity index (χ4v) is 0.672. The molecule has 0 aliphatic heterocycles. The van der Waals surface area contributed by atoms with Crippen LogP contribution in [0.25, 0.3) is 0 Å². The first-order valence-corrected chi connectivity index (χ1v) is 2.59. The normalized spacial score (nSPS) is 26.7. The third-order valence-corrected chi connectivity index (χ3v) is 1.31. The summed E-state index contributed by atoms with van der Waals surface area (Å²) in [7, 11) is 0. The minimum atomic E-state index is -5.03. The van der Waals surface area contributed by atoms with Gasteiger partial charge in [-0.3, -0.25) is 4.79 Å². The van der Waals surface area contributed by atoms with E-state index in [0.717, 1.165) is 0 Å². The van der Waals surface area contributed by atoms with Crippen LogP contribution in [0, 0.1) is 0 Å². The number of ketones is 1. The van der Waals surface area contributed by atoms with Gasteiger partial charge in [-0.15, -0.1) is 0 Å². The molecular formula is C5F6O. The molecule has 0 aromatic carbocycles. The van der Waals surface area contributed by atoms with Crippen LogP contribution in [0.3, 0.4) is 0 Å². The van der Waals surface area contributed by atoms with E-state index in [-0.39, 0.29) is 0 Å². The SMILES string of the molecule is O=C1C(F)(F)C(F)=C(F)C1(F)F. The number of allylic oxidation sites excluding steroid dienone is 2. The zero-order chi connectivity index (χ0) is 9.73. The molecule has 1 aliphatic carbocycles. The van der Waals surface area contributed by atoms with Gasteiger partial charge in [0.25, 0.3) is 5.78 Å². The Morgan fingerprint density at radius 1 is 0.833 bits per heavy atom. The molecule has 0 unspecified atom stereocenters. The number of alkyl halides is 4. The maximum Gasteiger partial charge on any atom is 0.365 e. The Hall–Kier alpha value is -1.01. The molecule has 0 radical (unpaired) electrons. The van der Waals surface area contributed by atoms with E-state index < -0.39 is 29.3 Å². The number of halogens is 6. The number of carbonyl (C=O) groups excluding carboxylic acids is 1. The molecule has 0 amide bonds. The predicted molar refractivity (Wildman–Crippen MR) is 24.1 cm³/mol. The third-order valence-electron chi connectivity index (χ3n) is 1.31. The summed E-state index contributed by atoms with van der Waals surface area (Å²) in [5.41, 5.74) is 0. The van der Waals surface area contributed by atoms with Gasteiger partial charge in [0.2, 0.25) is 11.7 Å². The molecule has 0 bridgehead atoms. The lowest BCUT2D eigenvalue weighted by Gasteiger charge is -2.07. The lowest BCUT2D eigenvalue weighted by molar-refractivity contribution is -0.156. The fourth-order valence-electron chi connectivity index (χ4n) is 0.672. The van der Waals surface area contributed by atoms with E-state index >= 15 is 0 Å². The predicted octanol–water partition coefficient (Wildman–Crippen LogP) is 1.99. The Kier molecular flexibility index (Phi) is 1.53. The molecule has 7 heteroatoms. The highest BCUT2D eigenvalue weighted by atomic mass is 19.3. The van der Waals surface area contributed by atoms with Crippen molar-refractivity contribution in [3.63, 3.8) is 0 Å². The summed E-state index contributed by atoms with van der Waals surface area (Å²) in [4.78, 5) is 9.95. The minimum Gasteiger partial charge on any atom is -0.285 e. The second-order valence-electron chi connectivity index (χ2n) is 2.11. The van der Waals surface area contributed by atoms with Gasteiger partial charge < -0.3 is 0 Å². The molecular weight excluding hydrogens is 190 g/mol. The van der Waals surface area contributed by atoms with Gasteiger partial charge in [0.05, 0.1) is 0 Å². The molecule has 0 atom stereocenters. The number of hydrogen-bond acceptors (Lipinski definition) is 1. The molecule has 1 rings (SSSR count). The van der Waals surface area contributed by atoms with Gasteiger partial charge >= 0.3 is 11.8 Å². The van der Waals surface area contributed by atoms with Crippen LogP contribution >= 0.6 is 0 Å². The topological polar surface area (TPSA) is 17.1 Å². The second-order valence-corrected chi connectivity index (χ2v) is 2.11. The third kappa shape index (κ3) is 0.788. The van der Waals surface area contributed by atoms with Crippen LogP contribution in [-0.2, 0) is 4.79 Å². The Morgan fingerprint density at radius 3 is 1.17 bits per heavy atom. The van der Waals surface area contributed by atoms with E-state index in [0.29, 0.717) is 0 Å². The van der Waals surface area contributed by atoms with Crippen LogP contribution < -0.4 is 0 Å². The lowest BCUT2D eigenvalue weighted by atomic mass is 10.2. The lowest BCUT2D eigenvalue weighted by Crippen LogP contribution is -2.35. The molecule has 1 nitrogen and oxygen atoms in total. The van der Waals surface area contributed by atoms with E-state index in [1.165, 1.54) is 0 Å². The van der Waals surface area contributed by atoms with Crippen LogP contribution in [0.5, 0.6) is 0 Å². The van der Waals surface area contributed by atoms with Crippen LogP contribution in [0.1, 0.15) is 0 Å². The van der Waals surface area contributed by atoms with Gasteiger partial charge in [0.1, 0.15) is 0 Å². The summed E-state index contributed by atoms with van der Waals surface area (Å²) in [5.74, 6) is -19.1. The molecule has 0 heterocycles. The van der Waals surface area contributed by atoms with Gasteiger partial charge in [0.15, 0.2) is 0 Å². The van der Waals surface area contributed by atoms with E-state index in [1.807, 2.05) is 0 Å². The highest BCUT2D eigenvalue weighted by Gasteiger charge is 2.68. The number of Topliss-reactive ketones (excluding diaryl/α,β-unsaturated/α-hetero) is 1. The van der Waals surface area contributed by atoms with E-state index in [4.69, 9.17) is 0 Å². The van der Waals surface area contributed by atoms with Crippen LogP contribution in [0.15, 0.2) is 11.7 Å². The quantitative estimate of drug-likeness (QED) is 0.534. The fraction of sp³-hybridized carbons (Fsp3) is 0.400. The highest BCUT2D eigenvalue weighted by Crippen LogP contribution is 2.47. The molecule has 0 fully saturated rings. The monoisotopic (exact) mass is 190 g/mol. The zero-order valence-electron chi connectivity index (χ0n) is 5.18. The first-order chi connectivity index (χ1) is 5.22. The Bertz CT molecular complexity index is 252. The maximum atomic E-state index is 12.0. The van der Waals surface area contributed by atoms with E-state index in [9.17, 15) is 31.1 Å². The minimum absolute atomic E-state index is 3.00. The molecule has 0 aromatic rings. The van der Waals surface area contributed by atoms with Crippen molar-refractivity contribution in [3.8, 4) is 0 Å². The van der Waals surface area contributed by atoms with Gasteiger partial charge in [-0.2, -0.15) is 17.6 Å². The molecule has 68 valence electrons. The average molecular weight is 190 g/mol. The summed E-state index contributed by atoms with van der Waals surface area (Å²) in [5, 5.41) is 0. The first kappa shape index (κ1) is 9.08. The smallest absolute Gasteiger partial charge is 0.285 e. The van der Waals surface area contributed by atoms with Crippen LogP contribution in [-0.4, -0.2) is 17.6 Å².